The van der Waals surface area contributed by atoms with E-state index in [2.05, 4.69) is 25.8 Å². The highest BCUT2D eigenvalue weighted by Crippen LogP contribution is 2.15. The lowest BCUT2D eigenvalue weighted by Gasteiger charge is -2.43. The van der Waals surface area contributed by atoms with E-state index in [-0.39, 0.29) is 0 Å². The van der Waals surface area contributed by atoms with Gasteiger partial charge in [-0.15, -0.1) is 0 Å². The second kappa shape index (κ2) is 4.21. The molecule has 0 bridgehead atoms. The number of hydrogen-bond acceptors (Lipinski definition) is 3. The van der Waals surface area contributed by atoms with Crippen molar-refractivity contribution in [2.75, 3.05) is 20.1 Å². The highest BCUT2D eigenvalue weighted by atomic mass is 15.4. The third-order valence-corrected chi connectivity index (χ3v) is 2.98. The zero-order valence-electron chi connectivity index (χ0n) is 8.45. The maximum atomic E-state index is 5.84. The van der Waals surface area contributed by atoms with E-state index in [1.165, 1.54) is 12.8 Å². The Hall–Kier alpha value is -0.120. The first-order chi connectivity index (χ1) is 5.69. The Morgan fingerprint density at radius 2 is 1.58 bits per heavy atom. The molecule has 1 heterocycles. The molecule has 1 aliphatic heterocycles. The summed E-state index contributed by atoms with van der Waals surface area (Å²) in [4.78, 5) is 2.48. The largest absolute Gasteiger partial charge is 0.298 e. The molecule has 1 fully saturated rings. The molecule has 2 unspecified atom stereocenters. The fourth-order valence-corrected chi connectivity index (χ4v) is 2.01. The van der Waals surface area contributed by atoms with E-state index in [4.69, 9.17) is 5.84 Å². The van der Waals surface area contributed by atoms with Crippen molar-refractivity contribution in [1.29, 1.82) is 0 Å². The molecule has 1 saturated heterocycles. The van der Waals surface area contributed by atoms with Gasteiger partial charge in [0.2, 0.25) is 0 Å². The van der Waals surface area contributed by atoms with E-state index in [1.807, 2.05) is 5.01 Å². The van der Waals surface area contributed by atoms with Crippen LogP contribution in [-0.2, 0) is 0 Å². The molecular weight excluding hydrogens is 150 g/mol. The number of nitrogens with two attached hydrogens (primary N) is 1. The fraction of sp³-hybridized carbons (Fsp3) is 1.00. The Bertz CT molecular complexity index is 124. The monoisotopic (exact) mass is 171 g/mol. The summed E-state index contributed by atoms with van der Waals surface area (Å²) >= 11 is 0. The molecule has 0 aromatic rings. The van der Waals surface area contributed by atoms with Crippen molar-refractivity contribution in [2.45, 2.75) is 38.8 Å². The van der Waals surface area contributed by atoms with Crippen LogP contribution >= 0.6 is 0 Å². The topological polar surface area (TPSA) is 32.5 Å². The maximum Gasteiger partial charge on any atom is 0.0285 e. The molecule has 0 aliphatic carbocycles. The van der Waals surface area contributed by atoms with E-state index in [1.54, 1.807) is 0 Å². The molecule has 2 N–H and O–H groups in total. The van der Waals surface area contributed by atoms with E-state index >= 15 is 0 Å². The van der Waals surface area contributed by atoms with Crippen molar-refractivity contribution in [3.63, 3.8) is 0 Å². The molecule has 0 spiro atoms. The third-order valence-electron chi connectivity index (χ3n) is 2.98. The number of rotatable bonds is 2. The predicted molar refractivity (Wildman–Crippen MR) is 51.7 cm³/mol. The molecular formula is C9H21N3. The van der Waals surface area contributed by atoms with Gasteiger partial charge in [0, 0.05) is 25.2 Å². The average Bonchev–Trinajstić information content (AvgIpc) is 2.08. The van der Waals surface area contributed by atoms with Crippen LogP contribution in [-0.4, -0.2) is 42.1 Å². The normalized spacial score (nSPS) is 34.0. The lowest BCUT2D eigenvalue weighted by atomic mass is 10.0. The summed E-state index contributed by atoms with van der Waals surface area (Å²) < 4.78 is 0. The van der Waals surface area contributed by atoms with Gasteiger partial charge in [0.15, 0.2) is 0 Å². The van der Waals surface area contributed by atoms with Gasteiger partial charge < -0.3 is 0 Å². The van der Waals surface area contributed by atoms with Crippen molar-refractivity contribution in [3.05, 3.63) is 0 Å². The average molecular weight is 171 g/mol. The second-order valence-corrected chi connectivity index (χ2v) is 3.74. The summed E-state index contributed by atoms with van der Waals surface area (Å²) in [6, 6.07) is 1.29. The summed E-state index contributed by atoms with van der Waals surface area (Å²) in [6.45, 7) is 6.49. The fourth-order valence-electron chi connectivity index (χ4n) is 2.01. The minimum atomic E-state index is 0.647. The molecule has 0 aromatic heterocycles. The third kappa shape index (κ3) is 1.97. The van der Waals surface area contributed by atoms with Crippen molar-refractivity contribution in [3.8, 4) is 0 Å². The first-order valence-corrected chi connectivity index (χ1v) is 4.90. The van der Waals surface area contributed by atoms with Gasteiger partial charge in [-0.3, -0.25) is 10.7 Å². The second-order valence-electron chi connectivity index (χ2n) is 3.74. The number of nitrogens with zero attached hydrogens (tertiary/aromatic N) is 2. The Labute approximate surface area is 75.5 Å². The summed E-state index contributed by atoms with van der Waals surface area (Å²) in [5, 5.41) is 1.96. The van der Waals surface area contributed by atoms with Crippen LogP contribution in [0.2, 0.25) is 0 Å². The summed E-state index contributed by atoms with van der Waals surface area (Å²) in [5.41, 5.74) is 0. The zero-order chi connectivity index (χ0) is 9.14. The Balaban J connectivity index is 2.55. The first-order valence-electron chi connectivity index (χ1n) is 4.90. The van der Waals surface area contributed by atoms with Gasteiger partial charge in [-0.2, -0.15) is 0 Å². The molecule has 1 aliphatic rings. The molecule has 0 saturated carbocycles. The van der Waals surface area contributed by atoms with Crippen LogP contribution in [0.4, 0.5) is 0 Å². The van der Waals surface area contributed by atoms with Crippen LogP contribution in [0, 0.1) is 0 Å². The standard InChI is InChI=1S/C9H21N3/c1-4-8-6-12(10)7-9(5-2)11(8)3/h8-9H,4-7,10H2,1-3H3. The summed E-state index contributed by atoms with van der Waals surface area (Å²) in [6.07, 6.45) is 2.39. The van der Waals surface area contributed by atoms with Crippen molar-refractivity contribution in [1.82, 2.24) is 9.91 Å². The molecule has 2 atom stereocenters. The SMILES string of the molecule is CCC1CN(N)CC(CC)N1C. The molecule has 0 radical (unpaired) electrons. The minimum absolute atomic E-state index is 0.647. The van der Waals surface area contributed by atoms with Crippen LogP contribution in [0.25, 0.3) is 0 Å². The quantitative estimate of drug-likeness (QED) is 0.620. The lowest BCUT2D eigenvalue weighted by Crippen LogP contribution is -2.58. The predicted octanol–water partition coefficient (Wildman–Crippen LogP) is 0.665. The molecule has 72 valence electrons. The molecule has 3 nitrogen and oxygen atoms in total. The van der Waals surface area contributed by atoms with Gasteiger partial charge in [-0.1, -0.05) is 13.8 Å². The van der Waals surface area contributed by atoms with E-state index in [0.717, 1.165) is 13.1 Å². The van der Waals surface area contributed by atoms with Gasteiger partial charge in [-0.25, -0.2) is 5.01 Å². The molecule has 0 aromatic carbocycles. The van der Waals surface area contributed by atoms with E-state index in [9.17, 15) is 0 Å². The zero-order valence-corrected chi connectivity index (χ0v) is 8.45. The number of hydrazine groups is 1. The van der Waals surface area contributed by atoms with Crippen LogP contribution in [0.3, 0.4) is 0 Å². The lowest BCUT2D eigenvalue weighted by molar-refractivity contribution is 0.0397. The van der Waals surface area contributed by atoms with E-state index in [0.29, 0.717) is 12.1 Å². The minimum Gasteiger partial charge on any atom is -0.298 e. The molecule has 12 heavy (non-hydrogen) atoms. The summed E-state index contributed by atoms with van der Waals surface area (Å²) in [7, 11) is 2.22. The smallest absolute Gasteiger partial charge is 0.0285 e. The van der Waals surface area contributed by atoms with Crippen molar-refractivity contribution >= 4 is 0 Å². The highest BCUT2D eigenvalue weighted by molar-refractivity contribution is 4.83. The molecule has 0 amide bonds. The van der Waals surface area contributed by atoms with Gasteiger partial charge in [-0.05, 0) is 19.9 Å². The van der Waals surface area contributed by atoms with Crippen LogP contribution in [0.5, 0.6) is 0 Å². The molecule has 3 heteroatoms. The van der Waals surface area contributed by atoms with Gasteiger partial charge in [0.25, 0.3) is 0 Å². The van der Waals surface area contributed by atoms with Gasteiger partial charge >= 0.3 is 0 Å². The van der Waals surface area contributed by atoms with E-state index < -0.39 is 0 Å². The Kier molecular flexibility index (Phi) is 3.50. The van der Waals surface area contributed by atoms with Gasteiger partial charge in [0.1, 0.15) is 0 Å². The molecule has 1 rings (SSSR count). The van der Waals surface area contributed by atoms with Crippen molar-refractivity contribution < 1.29 is 0 Å². The first kappa shape index (κ1) is 9.96. The Morgan fingerprint density at radius 1 is 1.17 bits per heavy atom. The van der Waals surface area contributed by atoms with Crippen LogP contribution in [0.1, 0.15) is 26.7 Å². The number of likely N-dealkylation sites (N-methyl/N-ethyl adjacent to an activating group) is 1. The Morgan fingerprint density at radius 3 is 1.92 bits per heavy atom. The number of piperazine rings is 1. The maximum absolute atomic E-state index is 5.84. The summed E-state index contributed by atoms with van der Waals surface area (Å²) in [5.74, 6) is 5.84. The van der Waals surface area contributed by atoms with Crippen LogP contribution in [0.15, 0.2) is 0 Å². The van der Waals surface area contributed by atoms with Crippen LogP contribution < -0.4 is 5.84 Å². The van der Waals surface area contributed by atoms with Gasteiger partial charge in [0.05, 0.1) is 0 Å². The number of hydrogen-bond donors (Lipinski definition) is 1. The van der Waals surface area contributed by atoms with Crippen molar-refractivity contribution in [2.24, 2.45) is 5.84 Å². The highest BCUT2D eigenvalue weighted by Gasteiger charge is 2.27.